The minimum absolute atomic E-state index is 0.0296. The van der Waals surface area contributed by atoms with E-state index in [2.05, 4.69) is 10.0 Å². The van der Waals surface area contributed by atoms with Crippen molar-refractivity contribution >= 4 is 26.0 Å². The second kappa shape index (κ2) is 10.9. The quantitative estimate of drug-likeness (QED) is 0.497. The smallest absolute Gasteiger partial charge is 0.243 e. The zero-order valence-corrected chi connectivity index (χ0v) is 21.2. The van der Waals surface area contributed by atoms with Crippen LogP contribution in [-0.2, 0) is 24.8 Å². The maximum atomic E-state index is 13.1. The molecule has 1 fully saturated rings. The molecule has 0 aromatic heterocycles. The molecule has 0 bridgehead atoms. The molecule has 1 amide bonds. The molecule has 1 aliphatic heterocycles. The van der Waals surface area contributed by atoms with Crippen molar-refractivity contribution in [3.63, 3.8) is 0 Å². The third-order valence-electron chi connectivity index (χ3n) is 5.81. The Labute approximate surface area is 201 Å². The van der Waals surface area contributed by atoms with Crippen molar-refractivity contribution < 1.29 is 26.4 Å². The minimum atomic E-state index is -3.75. The standard InChI is InChI=1S/C23H31N3O6S2/c1-17-6-8-20(9-7-17)33(28,29)25-13-12-24-23(27)19-5-4-14-26(16-19)34(30,31)21-10-11-22(32-3)18(2)15-21/h6-11,15,19,25H,4-5,12-14,16H2,1-3H3,(H,24,27)/t19-/m0/s1. The van der Waals surface area contributed by atoms with E-state index < -0.39 is 26.0 Å². The van der Waals surface area contributed by atoms with Crippen LogP contribution in [0, 0.1) is 19.8 Å². The van der Waals surface area contributed by atoms with E-state index in [4.69, 9.17) is 4.74 Å². The van der Waals surface area contributed by atoms with Crippen molar-refractivity contribution in [1.82, 2.24) is 14.3 Å². The Kier molecular flexibility index (Phi) is 8.34. The Morgan fingerprint density at radius 2 is 1.71 bits per heavy atom. The second-order valence-electron chi connectivity index (χ2n) is 8.34. The van der Waals surface area contributed by atoms with Crippen molar-refractivity contribution in [2.45, 2.75) is 36.5 Å². The zero-order chi connectivity index (χ0) is 24.9. The first kappa shape index (κ1) is 26.1. The second-order valence-corrected chi connectivity index (χ2v) is 12.0. The third-order valence-corrected chi connectivity index (χ3v) is 9.14. The summed E-state index contributed by atoms with van der Waals surface area (Å²) in [6.07, 6.45) is 1.13. The first-order valence-electron chi connectivity index (χ1n) is 11.0. The molecule has 1 aliphatic rings. The monoisotopic (exact) mass is 509 g/mol. The van der Waals surface area contributed by atoms with Gasteiger partial charge < -0.3 is 10.1 Å². The van der Waals surface area contributed by atoms with Gasteiger partial charge in [0.2, 0.25) is 26.0 Å². The fourth-order valence-electron chi connectivity index (χ4n) is 3.85. The number of hydrogen-bond donors (Lipinski definition) is 2. The number of sulfonamides is 2. The number of hydrogen-bond acceptors (Lipinski definition) is 6. The SMILES string of the molecule is COc1ccc(S(=O)(=O)N2CCC[C@H](C(=O)NCCNS(=O)(=O)c3ccc(C)cc3)C2)cc1C. The molecular formula is C23H31N3O6S2. The summed E-state index contributed by atoms with van der Waals surface area (Å²) in [6, 6.07) is 11.2. The molecule has 0 aliphatic carbocycles. The number of aryl methyl sites for hydroxylation is 2. The van der Waals surface area contributed by atoms with E-state index in [1.54, 1.807) is 31.2 Å². The number of methoxy groups -OCH3 is 1. The van der Waals surface area contributed by atoms with Gasteiger partial charge >= 0.3 is 0 Å². The van der Waals surface area contributed by atoms with E-state index in [1.807, 2.05) is 6.92 Å². The summed E-state index contributed by atoms with van der Waals surface area (Å²) in [6.45, 7) is 4.20. The number of piperidine rings is 1. The highest BCUT2D eigenvalue weighted by Gasteiger charge is 2.33. The van der Waals surface area contributed by atoms with Gasteiger partial charge in [-0.3, -0.25) is 4.79 Å². The van der Waals surface area contributed by atoms with Gasteiger partial charge in [0, 0.05) is 26.2 Å². The van der Waals surface area contributed by atoms with Crippen molar-refractivity contribution in [3.05, 3.63) is 53.6 Å². The molecule has 9 nitrogen and oxygen atoms in total. The van der Waals surface area contributed by atoms with Crippen LogP contribution < -0.4 is 14.8 Å². The van der Waals surface area contributed by atoms with Gasteiger partial charge in [-0.1, -0.05) is 17.7 Å². The Bertz CT molecular complexity index is 1230. The number of amides is 1. The first-order valence-corrected chi connectivity index (χ1v) is 14.0. The van der Waals surface area contributed by atoms with Crippen LogP contribution in [0.25, 0.3) is 0 Å². The van der Waals surface area contributed by atoms with Crippen LogP contribution in [0.3, 0.4) is 0 Å². The van der Waals surface area contributed by atoms with Crippen LogP contribution in [-0.4, -0.2) is 60.3 Å². The largest absolute Gasteiger partial charge is 0.496 e. The summed E-state index contributed by atoms with van der Waals surface area (Å²) in [5.41, 5.74) is 1.67. The van der Waals surface area contributed by atoms with Crippen LogP contribution in [0.1, 0.15) is 24.0 Å². The number of carbonyl (C=O) groups excluding carboxylic acids is 1. The van der Waals surface area contributed by atoms with Crippen LogP contribution >= 0.6 is 0 Å². The molecule has 0 unspecified atom stereocenters. The molecule has 0 saturated carbocycles. The molecule has 1 heterocycles. The molecule has 0 radical (unpaired) electrons. The Balaban J connectivity index is 1.55. The number of rotatable bonds is 9. The lowest BCUT2D eigenvalue weighted by molar-refractivity contribution is -0.126. The van der Waals surface area contributed by atoms with Crippen molar-refractivity contribution in [1.29, 1.82) is 0 Å². The molecule has 1 atom stereocenters. The summed E-state index contributed by atoms with van der Waals surface area (Å²) >= 11 is 0. The molecule has 34 heavy (non-hydrogen) atoms. The summed E-state index contributed by atoms with van der Waals surface area (Å²) in [5.74, 6) is -0.190. The number of benzene rings is 2. The molecular weight excluding hydrogens is 478 g/mol. The van der Waals surface area contributed by atoms with Crippen molar-refractivity contribution in [2.75, 3.05) is 33.3 Å². The van der Waals surface area contributed by atoms with Gasteiger partial charge in [0.25, 0.3) is 0 Å². The molecule has 11 heteroatoms. The van der Waals surface area contributed by atoms with Gasteiger partial charge in [0.05, 0.1) is 22.8 Å². The Morgan fingerprint density at radius 1 is 1.03 bits per heavy atom. The van der Waals surface area contributed by atoms with Gasteiger partial charge in [-0.25, -0.2) is 21.6 Å². The maximum absolute atomic E-state index is 13.1. The summed E-state index contributed by atoms with van der Waals surface area (Å²) in [4.78, 5) is 13.0. The predicted octanol–water partition coefficient (Wildman–Crippen LogP) is 1.81. The Hall–Kier alpha value is -2.47. The normalized spacial score (nSPS) is 17.3. The number of carbonyl (C=O) groups is 1. The predicted molar refractivity (Wildman–Crippen MR) is 129 cm³/mol. The molecule has 186 valence electrons. The van der Waals surface area contributed by atoms with Crippen LogP contribution in [0.15, 0.2) is 52.3 Å². The molecule has 3 rings (SSSR count). The van der Waals surface area contributed by atoms with E-state index in [0.29, 0.717) is 30.7 Å². The lowest BCUT2D eigenvalue weighted by atomic mass is 9.99. The highest BCUT2D eigenvalue weighted by molar-refractivity contribution is 7.89. The van der Waals surface area contributed by atoms with E-state index in [9.17, 15) is 21.6 Å². The number of nitrogens with one attached hydrogen (secondary N) is 2. The Morgan fingerprint density at radius 3 is 2.35 bits per heavy atom. The van der Waals surface area contributed by atoms with Crippen LogP contribution in [0.5, 0.6) is 5.75 Å². The summed E-state index contributed by atoms with van der Waals surface area (Å²) in [7, 11) is -5.89. The van der Waals surface area contributed by atoms with Crippen LogP contribution in [0.2, 0.25) is 0 Å². The molecule has 2 aromatic carbocycles. The topological polar surface area (TPSA) is 122 Å². The molecule has 1 saturated heterocycles. The lowest BCUT2D eigenvalue weighted by Gasteiger charge is -2.31. The van der Waals surface area contributed by atoms with Gasteiger partial charge in [0.1, 0.15) is 5.75 Å². The van der Waals surface area contributed by atoms with E-state index in [1.165, 1.54) is 29.6 Å². The number of ether oxygens (including phenoxy) is 1. The van der Waals surface area contributed by atoms with E-state index >= 15 is 0 Å². The maximum Gasteiger partial charge on any atom is 0.243 e. The van der Waals surface area contributed by atoms with Crippen molar-refractivity contribution in [2.24, 2.45) is 5.92 Å². The van der Waals surface area contributed by atoms with E-state index in [-0.39, 0.29) is 35.3 Å². The zero-order valence-electron chi connectivity index (χ0n) is 19.6. The van der Waals surface area contributed by atoms with Gasteiger partial charge in [-0.05, 0) is 62.6 Å². The lowest BCUT2D eigenvalue weighted by Crippen LogP contribution is -2.46. The fourth-order valence-corrected chi connectivity index (χ4v) is 6.49. The van der Waals surface area contributed by atoms with Gasteiger partial charge in [0.15, 0.2) is 0 Å². The minimum Gasteiger partial charge on any atom is -0.496 e. The molecule has 2 aromatic rings. The van der Waals surface area contributed by atoms with Crippen LogP contribution in [0.4, 0.5) is 0 Å². The molecule has 2 N–H and O–H groups in total. The summed E-state index contributed by atoms with van der Waals surface area (Å²) < 4.78 is 59.9. The number of nitrogens with zero attached hydrogens (tertiary/aromatic N) is 1. The highest BCUT2D eigenvalue weighted by Crippen LogP contribution is 2.27. The first-order chi connectivity index (χ1) is 16.0. The van der Waals surface area contributed by atoms with E-state index in [0.717, 1.165) is 5.56 Å². The fraction of sp³-hybridized carbons (Fsp3) is 0.435. The van der Waals surface area contributed by atoms with Gasteiger partial charge in [-0.15, -0.1) is 0 Å². The average Bonchev–Trinajstić information content (AvgIpc) is 2.82. The third kappa shape index (κ3) is 6.15. The average molecular weight is 510 g/mol. The summed E-state index contributed by atoms with van der Waals surface area (Å²) in [5, 5.41) is 2.72. The molecule has 0 spiro atoms. The van der Waals surface area contributed by atoms with Crippen molar-refractivity contribution in [3.8, 4) is 5.75 Å². The highest BCUT2D eigenvalue weighted by atomic mass is 32.2. The van der Waals surface area contributed by atoms with Gasteiger partial charge in [-0.2, -0.15) is 4.31 Å².